The molecule has 0 saturated heterocycles. The highest BCUT2D eigenvalue weighted by Crippen LogP contribution is 2.40. The molecule has 12 rings (SSSR count). The number of aromatic nitrogens is 10. The monoisotopic (exact) mass is 1280 g/mol. The maximum Gasteiger partial charge on any atom is 0.419 e. The van der Waals surface area contributed by atoms with Crippen molar-refractivity contribution in [3.63, 3.8) is 0 Å². The molecule has 5 N–H and O–H groups in total. The van der Waals surface area contributed by atoms with Gasteiger partial charge in [0.15, 0.2) is 0 Å². The summed E-state index contributed by atoms with van der Waals surface area (Å²) in [5, 5.41) is 12.7. The van der Waals surface area contributed by atoms with Crippen LogP contribution in [0, 0.1) is 13.8 Å². The van der Waals surface area contributed by atoms with E-state index in [4.69, 9.17) is 20.9 Å². The molecule has 4 aromatic carbocycles. The number of hydrogen-bond acceptors (Lipinski definition) is 14. The number of hydrogen-bond donors (Lipinski definition) is 3. The third-order valence-corrected chi connectivity index (χ3v) is 21.9. The number of nitrogens with zero attached hydrogens (tertiary/aromatic N) is 12. The minimum atomic E-state index is -4.67. The van der Waals surface area contributed by atoms with E-state index in [2.05, 4.69) is 94.2 Å². The Bertz CT molecular complexity index is 4910. The van der Waals surface area contributed by atoms with Crippen molar-refractivity contribution < 1.29 is 35.9 Å². The van der Waals surface area contributed by atoms with Crippen LogP contribution in [-0.2, 0) is 30.9 Å². The first-order valence-corrected chi connectivity index (χ1v) is 31.4. The molecule has 478 valence electrons. The first-order chi connectivity index (χ1) is 44.1. The van der Waals surface area contributed by atoms with E-state index in [-0.39, 0.29) is 34.2 Å². The largest absolute Gasteiger partial charge is 0.419 e. The van der Waals surface area contributed by atoms with Crippen LogP contribution in [0.15, 0.2) is 168 Å². The van der Waals surface area contributed by atoms with Gasteiger partial charge in [-0.1, -0.05) is 93.6 Å². The first-order valence-electron chi connectivity index (χ1n) is 29.5. The zero-order valence-electron chi connectivity index (χ0n) is 52.3. The lowest BCUT2D eigenvalue weighted by atomic mass is 10.0. The molecule has 93 heavy (non-hydrogen) atoms. The van der Waals surface area contributed by atoms with Crippen LogP contribution in [0.2, 0.25) is 5.04 Å². The number of nitrogen functional groups attached to an aromatic ring is 2. The van der Waals surface area contributed by atoms with Crippen molar-refractivity contribution in [1.29, 1.82) is 0 Å². The highest BCUT2D eigenvalue weighted by Gasteiger charge is 2.50. The maximum atomic E-state index is 13.9. The summed E-state index contributed by atoms with van der Waals surface area (Å²) in [6.07, 6.45) is -3.51. The number of alkyl halides is 6. The summed E-state index contributed by atoms with van der Waals surface area (Å²) in [5.41, 5.74) is 15.4. The van der Waals surface area contributed by atoms with Gasteiger partial charge in [-0.25, -0.2) is 29.5 Å². The number of nitrogens with two attached hydrogens (primary N) is 2. The first kappa shape index (κ1) is 64.3. The lowest BCUT2D eigenvalue weighted by Gasteiger charge is -2.43. The molecule has 0 unspecified atom stereocenters. The van der Waals surface area contributed by atoms with Gasteiger partial charge in [-0.2, -0.15) is 26.3 Å². The molecule has 25 heteroatoms. The molecule has 18 nitrogen and oxygen atoms in total. The number of pyridine rings is 6. The number of aliphatic hydroxyl groups excluding tert-OH is 1. The normalized spacial score (nSPS) is 12.3. The Morgan fingerprint density at radius 3 is 1.32 bits per heavy atom. The number of likely N-dealkylation sites (N-methyl/N-ethyl adjacent to an activating group) is 2. The molecular formula is C68H66F6N14O4Si. The van der Waals surface area contributed by atoms with Crippen LogP contribution in [0.3, 0.4) is 0 Å². The number of aliphatic hydroxyl groups is 1. The Balaban J connectivity index is 0.000000203. The van der Waals surface area contributed by atoms with Gasteiger partial charge in [-0.05, 0) is 101 Å². The van der Waals surface area contributed by atoms with Crippen LogP contribution in [0.4, 0.5) is 49.6 Å². The van der Waals surface area contributed by atoms with E-state index in [0.29, 0.717) is 109 Å². The smallest absolute Gasteiger partial charge is 0.406 e. The van der Waals surface area contributed by atoms with E-state index in [1.807, 2.05) is 43.1 Å². The fraction of sp³-hybridized carbons (Fsp3) is 0.235. The topological polar surface area (TPSA) is 219 Å². The number of imidazole rings is 2. The van der Waals surface area contributed by atoms with Gasteiger partial charge >= 0.3 is 23.7 Å². The molecule has 12 aromatic rings. The molecule has 8 heterocycles. The van der Waals surface area contributed by atoms with Crippen molar-refractivity contribution in [1.82, 2.24) is 48.2 Å². The van der Waals surface area contributed by atoms with Gasteiger partial charge in [-0.15, -0.1) is 0 Å². The van der Waals surface area contributed by atoms with E-state index in [0.717, 1.165) is 12.1 Å². The van der Waals surface area contributed by atoms with E-state index in [1.54, 1.807) is 98.5 Å². The average Bonchev–Trinajstić information content (AvgIpc) is 1.62. The van der Waals surface area contributed by atoms with Crippen LogP contribution in [0.5, 0.6) is 0 Å². The van der Waals surface area contributed by atoms with Crippen LogP contribution in [0.1, 0.15) is 43.3 Å². The van der Waals surface area contributed by atoms with Crippen LogP contribution < -0.4 is 43.0 Å². The minimum absolute atomic E-state index is 0.0307. The van der Waals surface area contributed by atoms with Crippen molar-refractivity contribution in [3.8, 4) is 33.6 Å². The molecule has 0 spiro atoms. The summed E-state index contributed by atoms with van der Waals surface area (Å²) >= 11 is 0. The number of aryl methyl sites for hydroxylation is 4. The van der Waals surface area contributed by atoms with Gasteiger partial charge in [0.1, 0.15) is 23.3 Å². The second kappa shape index (κ2) is 24.8. The minimum Gasteiger partial charge on any atom is -0.406 e. The summed E-state index contributed by atoms with van der Waals surface area (Å²) in [7, 11) is 4.34. The third kappa shape index (κ3) is 11.9. The Morgan fingerprint density at radius 1 is 0.538 bits per heavy atom. The number of rotatable bonds is 14. The van der Waals surface area contributed by atoms with E-state index in [1.165, 1.54) is 36.5 Å². The molecule has 8 aromatic heterocycles. The predicted molar refractivity (Wildman–Crippen MR) is 355 cm³/mol. The zero-order valence-corrected chi connectivity index (χ0v) is 53.3. The third-order valence-electron chi connectivity index (χ3n) is 16.8. The van der Waals surface area contributed by atoms with E-state index < -0.39 is 43.4 Å². The van der Waals surface area contributed by atoms with Crippen LogP contribution >= 0.6 is 0 Å². The second-order valence-corrected chi connectivity index (χ2v) is 28.0. The fourth-order valence-corrected chi connectivity index (χ4v) is 16.5. The second-order valence-electron chi connectivity index (χ2n) is 23.7. The van der Waals surface area contributed by atoms with E-state index >= 15 is 0 Å². The summed E-state index contributed by atoms with van der Waals surface area (Å²) in [6, 6.07) is 40.4. The maximum absolute atomic E-state index is 13.9. The Morgan fingerprint density at radius 2 is 0.946 bits per heavy atom. The highest BCUT2D eigenvalue weighted by atomic mass is 28.4. The number of benzene rings is 4. The van der Waals surface area contributed by atoms with Gasteiger partial charge in [0.05, 0.1) is 92.6 Å². The van der Waals surface area contributed by atoms with Gasteiger partial charge in [0.25, 0.3) is 8.32 Å². The lowest BCUT2D eigenvalue weighted by molar-refractivity contribution is -0.137. The summed E-state index contributed by atoms with van der Waals surface area (Å²) in [5.74, 6) is 0.158. The number of anilines is 4. The van der Waals surface area contributed by atoms with Crippen LogP contribution in [-0.4, -0.2) is 102 Å². The molecule has 0 saturated carbocycles. The fourth-order valence-electron chi connectivity index (χ4n) is 12.0. The zero-order chi connectivity index (χ0) is 66.6. The Labute approximate surface area is 530 Å². The van der Waals surface area contributed by atoms with Crippen LogP contribution in [0.25, 0.3) is 77.5 Å². The highest BCUT2D eigenvalue weighted by molar-refractivity contribution is 6.99. The molecule has 0 aliphatic carbocycles. The van der Waals surface area contributed by atoms with Gasteiger partial charge in [0, 0.05) is 75.6 Å². The van der Waals surface area contributed by atoms with Gasteiger partial charge in [0.2, 0.25) is 0 Å². The standard InChI is InChI=1S/C42H42F3N7O2Si.C26H24F3N7O2/c1-27-35(19-20-37(49-27)50(5)21-22-54-55(41(2,3)4,30-13-9-7-10-14-30)31-15-11-8-12-16-31)52-38-32-23-28(29-24-33(42(43,44)45)39(46)48-25-29)17-18-34(32)47-26-36(38)51(6)40(52)53;1-14-20(6-7-22(33-14)34(2)8-9-37)36-23-17-10-15(16-11-18(26(27,28)29)24(30)32-12-16)4-5-19(17)31-13-21(23)35(3)25(36)38/h7-20,23-26H,21-22H2,1-6H3,(H2,46,48);4-7,10-13,37H,8-9H2,1-3H3,(H2,30,32). The van der Waals surface area contributed by atoms with Gasteiger partial charge in [-0.3, -0.25) is 28.2 Å². The van der Waals surface area contributed by atoms with Crippen molar-refractivity contribution >= 4 is 85.8 Å². The molecule has 0 atom stereocenters. The van der Waals surface area contributed by atoms with E-state index in [9.17, 15) is 41.0 Å². The Hall–Kier alpha value is -10.2. The summed E-state index contributed by atoms with van der Waals surface area (Å²) in [4.78, 5) is 57.3. The molecule has 0 fully saturated rings. The quantitative estimate of drug-likeness (QED) is 0.0681. The molecular weight excluding hydrogens is 1220 g/mol. The molecule has 0 radical (unpaired) electrons. The van der Waals surface area contributed by atoms with Crippen molar-refractivity contribution in [2.75, 3.05) is 61.7 Å². The van der Waals surface area contributed by atoms with Crippen molar-refractivity contribution in [2.45, 2.75) is 52.0 Å². The molecule has 0 bridgehead atoms. The van der Waals surface area contributed by atoms with Gasteiger partial charge < -0.3 is 30.8 Å². The molecule has 0 aliphatic heterocycles. The average molecular weight is 1290 g/mol. The summed E-state index contributed by atoms with van der Waals surface area (Å²) in [6.45, 7) is 11.8. The number of fused-ring (bicyclic) bond motifs is 6. The lowest BCUT2D eigenvalue weighted by Crippen LogP contribution is -2.67. The SMILES string of the molecule is Cc1nc(N(C)CCO)ccc1-n1c(=O)n(C)c2cnc3ccc(-c4cnc(N)c(C(F)(F)F)c4)cc3c21.Cc1nc(N(C)CCO[Si](c2ccccc2)(c2ccccc2)C(C)(C)C)ccc1-n1c(=O)n(C)c2cnc3ccc(-c4cnc(N)c(C(F)(F)F)c4)cc3c21. The molecule has 0 aliphatic rings. The molecule has 0 amide bonds. The predicted octanol–water partition coefficient (Wildman–Crippen LogP) is 10.9. The van der Waals surface area contributed by atoms with Crippen molar-refractivity contribution in [2.24, 2.45) is 14.1 Å². The van der Waals surface area contributed by atoms with Crippen molar-refractivity contribution in [3.05, 3.63) is 202 Å². The number of halogens is 6. The Kier molecular flexibility index (Phi) is 17.1. The summed E-state index contributed by atoms with van der Waals surface area (Å²) < 4.78 is 94.7.